The number of esters is 2. The number of hydrogen-bond donors (Lipinski definition) is 0. The van der Waals surface area contributed by atoms with E-state index in [-0.39, 0.29) is 37.5 Å². The van der Waals surface area contributed by atoms with Gasteiger partial charge in [0.05, 0.1) is 13.2 Å². The van der Waals surface area contributed by atoms with E-state index in [1.54, 1.807) is 13.8 Å². The molecule has 0 spiro atoms. The number of rotatable bonds is 19. The van der Waals surface area contributed by atoms with E-state index in [4.69, 9.17) is 18.9 Å². The summed E-state index contributed by atoms with van der Waals surface area (Å²) in [5.74, 6) is -13.6. The van der Waals surface area contributed by atoms with Crippen LogP contribution in [0.2, 0.25) is 0 Å². The minimum absolute atomic E-state index is 0.267. The number of alkyl halides is 8. The molecular formula is C28H26Br2F10O8. The van der Waals surface area contributed by atoms with E-state index in [9.17, 15) is 53.5 Å². The molecule has 270 valence electrons. The molecule has 2 aromatic rings. The molecule has 0 aliphatic carbocycles. The van der Waals surface area contributed by atoms with Crippen molar-refractivity contribution < 1.29 is 81.9 Å². The molecule has 48 heavy (non-hydrogen) atoms. The number of hydrogen-bond acceptors (Lipinski definition) is 8. The molecular weight excluding hydrogens is 814 g/mol. The summed E-state index contributed by atoms with van der Waals surface area (Å²) in [4.78, 5) is 24.3. The van der Waals surface area contributed by atoms with Crippen LogP contribution in [0.1, 0.15) is 26.7 Å². The predicted molar refractivity (Wildman–Crippen MR) is 152 cm³/mol. The van der Waals surface area contributed by atoms with Gasteiger partial charge in [0.2, 0.25) is 0 Å². The number of benzene rings is 2. The molecule has 0 aromatic heterocycles. The van der Waals surface area contributed by atoms with Crippen LogP contribution in [0.15, 0.2) is 24.3 Å². The second-order valence-electron chi connectivity index (χ2n) is 9.64. The largest absolute Gasteiger partial charge is 0.476 e. The molecule has 0 bridgehead atoms. The van der Waals surface area contributed by atoms with Crippen LogP contribution in [-0.2, 0) is 19.1 Å². The summed E-state index contributed by atoms with van der Waals surface area (Å²) in [6.45, 7) is 0.873. The zero-order valence-electron chi connectivity index (χ0n) is 24.7. The second kappa shape index (κ2) is 18.0. The highest BCUT2D eigenvalue weighted by Gasteiger charge is 2.43. The fourth-order valence-corrected chi connectivity index (χ4v) is 3.98. The lowest BCUT2D eigenvalue weighted by atomic mass is 9.89. The van der Waals surface area contributed by atoms with Crippen molar-refractivity contribution in [2.24, 2.45) is 11.8 Å². The molecule has 4 unspecified atom stereocenters. The molecule has 0 saturated heterocycles. The van der Waals surface area contributed by atoms with Gasteiger partial charge >= 0.3 is 24.2 Å². The molecule has 0 radical (unpaired) electrons. The van der Waals surface area contributed by atoms with Crippen molar-refractivity contribution in [2.75, 3.05) is 26.4 Å². The Morgan fingerprint density at radius 3 is 1.19 bits per heavy atom. The first-order valence-electron chi connectivity index (χ1n) is 13.6. The molecule has 8 nitrogen and oxygen atoms in total. The highest BCUT2D eigenvalue weighted by atomic mass is 79.9. The van der Waals surface area contributed by atoms with E-state index in [1.807, 2.05) is 31.9 Å². The maximum atomic E-state index is 14.2. The number of carbonyl (C=O) groups is 2. The van der Waals surface area contributed by atoms with Crippen molar-refractivity contribution in [1.82, 2.24) is 0 Å². The number of halogens is 12. The Balaban J connectivity index is 1.88. The van der Waals surface area contributed by atoms with Crippen LogP contribution in [-0.4, -0.2) is 60.7 Å². The molecule has 0 N–H and O–H groups in total. The summed E-state index contributed by atoms with van der Waals surface area (Å²) >= 11 is 3.90. The number of ether oxygens (including phenoxy) is 6. The zero-order valence-corrected chi connectivity index (χ0v) is 27.8. The average Bonchev–Trinajstić information content (AvgIpc) is 2.97. The highest BCUT2D eigenvalue weighted by Crippen LogP contribution is 2.35. The lowest BCUT2D eigenvalue weighted by molar-refractivity contribution is -0.195. The lowest BCUT2D eigenvalue weighted by Gasteiger charge is -2.24. The summed E-state index contributed by atoms with van der Waals surface area (Å²) in [5, 5.41) is -5.95. The van der Waals surface area contributed by atoms with E-state index in [1.165, 1.54) is 0 Å². The Hall–Kier alpha value is -3.16. The Labute approximate surface area is 283 Å². The summed E-state index contributed by atoms with van der Waals surface area (Å²) in [6.07, 6.45) is -8.14. The fraction of sp³-hybridized carbons (Fsp3) is 0.500. The molecule has 0 aliphatic heterocycles. The summed E-state index contributed by atoms with van der Waals surface area (Å²) in [7, 11) is 0. The normalized spacial score (nSPS) is 14.4. The van der Waals surface area contributed by atoms with Gasteiger partial charge in [-0.25, -0.2) is 35.9 Å². The van der Waals surface area contributed by atoms with E-state index < -0.39 is 106 Å². The van der Waals surface area contributed by atoms with E-state index in [2.05, 4.69) is 9.47 Å². The molecule has 2 aromatic carbocycles. The van der Waals surface area contributed by atoms with Crippen LogP contribution in [0.5, 0.6) is 23.0 Å². The lowest BCUT2D eigenvalue weighted by Crippen LogP contribution is -2.32. The monoisotopic (exact) mass is 838 g/mol. The number of carbonyl (C=O) groups excluding carboxylic acids is 2. The van der Waals surface area contributed by atoms with Crippen molar-refractivity contribution in [3.8, 4) is 23.0 Å². The van der Waals surface area contributed by atoms with E-state index >= 15 is 0 Å². The van der Waals surface area contributed by atoms with Gasteiger partial charge in [-0.1, -0.05) is 13.8 Å². The van der Waals surface area contributed by atoms with Gasteiger partial charge in [-0.2, -0.15) is 17.6 Å². The Bertz CT molecular complexity index is 1250. The van der Waals surface area contributed by atoms with Gasteiger partial charge in [0.1, 0.15) is 11.5 Å². The average molecular weight is 840 g/mol. The van der Waals surface area contributed by atoms with Gasteiger partial charge in [-0.3, -0.25) is 0 Å². The summed E-state index contributed by atoms with van der Waals surface area (Å²) in [6, 6.07) is 1.15. The smallest absolute Gasteiger partial charge is 0.440 e. The van der Waals surface area contributed by atoms with Crippen molar-refractivity contribution in [3.63, 3.8) is 0 Å². The first kappa shape index (κ1) is 41.0. The molecule has 0 amide bonds. The van der Waals surface area contributed by atoms with Crippen LogP contribution < -0.4 is 18.9 Å². The van der Waals surface area contributed by atoms with Gasteiger partial charge < -0.3 is 28.4 Å². The van der Waals surface area contributed by atoms with Crippen molar-refractivity contribution in [2.45, 2.75) is 49.1 Å². The van der Waals surface area contributed by atoms with Crippen molar-refractivity contribution >= 4 is 43.8 Å². The predicted octanol–water partition coefficient (Wildman–Crippen LogP) is 8.16. The highest BCUT2D eigenvalue weighted by molar-refractivity contribution is 9.09. The van der Waals surface area contributed by atoms with Gasteiger partial charge in [0, 0.05) is 24.3 Å². The summed E-state index contributed by atoms with van der Waals surface area (Å²) in [5.41, 5.74) is 0. The SMILES string of the molecule is CCC(COC(=O)COc1c(F)cc(OC(F)(F)C(F)Br)cc1F)C(CC)COC(=O)COc1c(F)cc(OC(F)(F)C(F)Br)cc1F. The maximum absolute atomic E-state index is 14.2. The van der Waals surface area contributed by atoms with E-state index in [0.29, 0.717) is 12.8 Å². The molecule has 0 aliphatic rings. The fourth-order valence-electron chi connectivity index (χ4n) is 3.79. The quantitative estimate of drug-likeness (QED) is 0.0796. The van der Waals surface area contributed by atoms with Crippen LogP contribution >= 0.6 is 31.9 Å². The zero-order chi connectivity index (χ0) is 36.4. The van der Waals surface area contributed by atoms with Crippen molar-refractivity contribution in [3.05, 3.63) is 47.5 Å². The first-order valence-corrected chi connectivity index (χ1v) is 15.4. The topological polar surface area (TPSA) is 89.5 Å². The van der Waals surface area contributed by atoms with Gasteiger partial charge in [-0.15, -0.1) is 0 Å². The minimum Gasteiger partial charge on any atom is -0.476 e. The van der Waals surface area contributed by atoms with Gasteiger partial charge in [0.15, 0.2) is 48.0 Å². The van der Waals surface area contributed by atoms with Gasteiger partial charge in [0.25, 0.3) is 10.2 Å². The van der Waals surface area contributed by atoms with Crippen LogP contribution in [0.4, 0.5) is 43.9 Å². The van der Waals surface area contributed by atoms with Crippen LogP contribution in [0.25, 0.3) is 0 Å². The third-order valence-corrected chi connectivity index (χ3v) is 7.33. The second-order valence-corrected chi connectivity index (χ2v) is 11.2. The molecule has 4 atom stereocenters. The van der Waals surface area contributed by atoms with E-state index in [0.717, 1.165) is 0 Å². The Morgan fingerprint density at radius 1 is 0.646 bits per heavy atom. The third kappa shape index (κ3) is 12.1. The molecule has 2 rings (SSSR count). The van der Waals surface area contributed by atoms with Crippen LogP contribution in [0.3, 0.4) is 0 Å². The third-order valence-electron chi connectivity index (χ3n) is 6.26. The maximum Gasteiger partial charge on any atom is 0.440 e. The Morgan fingerprint density at radius 2 is 0.938 bits per heavy atom. The molecule has 0 saturated carbocycles. The standard InChI is InChI=1S/C28H26Br2F10O8/c1-3-13(9-43-21(41)11-45-23-17(31)5-15(6-18(23)32)47-27(37,38)25(29)35)14(4-2)10-44-22(42)12-46-24-19(33)7-16(8-20(24)34)48-28(39,40)26(30)36/h5-8,13-14,25-26H,3-4,9-12H2,1-2H3. The first-order chi connectivity index (χ1) is 22.3. The molecule has 20 heteroatoms. The van der Waals surface area contributed by atoms with Gasteiger partial charge in [-0.05, 0) is 56.5 Å². The van der Waals surface area contributed by atoms with Crippen LogP contribution in [0, 0.1) is 35.1 Å². The molecule has 0 fully saturated rings. The summed E-state index contributed by atoms with van der Waals surface area (Å²) < 4.78 is 163. The van der Waals surface area contributed by atoms with Crippen molar-refractivity contribution in [1.29, 1.82) is 0 Å². The minimum atomic E-state index is -4.45. The Kier molecular flexibility index (Phi) is 15.4. The molecule has 0 heterocycles.